The van der Waals surface area contributed by atoms with Gasteiger partial charge in [-0.25, -0.2) is 4.39 Å². The summed E-state index contributed by atoms with van der Waals surface area (Å²) in [5.74, 6) is -0.473. The van der Waals surface area contributed by atoms with Gasteiger partial charge in [0, 0.05) is 12.0 Å². The average Bonchev–Trinajstić information content (AvgIpc) is 3.11. The van der Waals surface area contributed by atoms with Crippen LogP contribution in [0.2, 0.25) is 0 Å². The molecular weight excluding hydrogens is 355 g/mol. The molecule has 0 aliphatic heterocycles. The van der Waals surface area contributed by atoms with Crippen LogP contribution in [-0.2, 0) is 11.2 Å². The van der Waals surface area contributed by atoms with Crippen LogP contribution in [0.5, 0.6) is 0 Å². The molecule has 1 aromatic heterocycles. The molecule has 0 saturated carbocycles. The molecule has 0 saturated heterocycles. The third-order valence-corrected chi connectivity index (χ3v) is 4.55. The number of Topliss-reactive ketones (excluding diaryl/α,β-unsaturated/α-hetero) is 1. The highest BCUT2D eigenvalue weighted by atomic mass is 32.2. The number of nitrogens with zero attached hydrogens (tertiary/aromatic N) is 4. The first kappa shape index (κ1) is 17.8. The standard InChI is InChI=1S/C18H15FN4O2S/c1-12(24)13-6-4-7-15(9-13)23-18(20-21-22-23)26-11-16(25)10-14-5-2-3-8-17(14)19/h2-9,24H,1,10-11H2. The molecule has 3 aromatic rings. The molecule has 26 heavy (non-hydrogen) atoms. The van der Waals surface area contributed by atoms with E-state index in [1.165, 1.54) is 22.5 Å². The van der Waals surface area contributed by atoms with E-state index in [-0.39, 0.29) is 23.7 Å². The summed E-state index contributed by atoms with van der Waals surface area (Å²) < 4.78 is 15.1. The van der Waals surface area contributed by atoms with Gasteiger partial charge >= 0.3 is 0 Å². The number of rotatable bonds is 7. The highest BCUT2D eigenvalue weighted by Gasteiger charge is 2.14. The first-order valence-corrected chi connectivity index (χ1v) is 8.68. The van der Waals surface area contributed by atoms with Gasteiger partial charge in [-0.2, -0.15) is 4.68 Å². The molecule has 0 aliphatic rings. The Balaban J connectivity index is 1.70. The lowest BCUT2D eigenvalue weighted by atomic mass is 10.1. The second-order valence-corrected chi connectivity index (χ2v) is 6.41. The molecule has 8 heteroatoms. The molecule has 0 aliphatic carbocycles. The topological polar surface area (TPSA) is 80.9 Å². The third kappa shape index (κ3) is 4.15. The highest BCUT2D eigenvalue weighted by Crippen LogP contribution is 2.21. The Morgan fingerprint density at radius 3 is 2.81 bits per heavy atom. The Kier molecular flexibility index (Phi) is 5.43. The zero-order valence-corrected chi connectivity index (χ0v) is 14.5. The minimum absolute atomic E-state index is 0.0149. The van der Waals surface area contributed by atoms with Gasteiger partial charge < -0.3 is 5.11 Å². The van der Waals surface area contributed by atoms with Crippen molar-refractivity contribution in [3.63, 3.8) is 0 Å². The van der Waals surface area contributed by atoms with Crippen LogP contribution in [-0.4, -0.2) is 36.8 Å². The van der Waals surface area contributed by atoms with Crippen molar-refractivity contribution in [2.75, 3.05) is 5.75 Å². The number of hydrogen-bond donors (Lipinski definition) is 1. The normalized spacial score (nSPS) is 10.7. The van der Waals surface area contributed by atoms with Gasteiger partial charge in [0.2, 0.25) is 5.16 Å². The van der Waals surface area contributed by atoms with E-state index in [4.69, 9.17) is 0 Å². The molecular formula is C18H15FN4O2S. The van der Waals surface area contributed by atoms with Gasteiger partial charge in [-0.15, -0.1) is 5.10 Å². The monoisotopic (exact) mass is 370 g/mol. The van der Waals surface area contributed by atoms with Crippen molar-refractivity contribution < 1.29 is 14.3 Å². The van der Waals surface area contributed by atoms with Gasteiger partial charge in [0.05, 0.1) is 11.4 Å². The largest absolute Gasteiger partial charge is 0.508 e. The molecule has 0 atom stereocenters. The molecule has 0 radical (unpaired) electrons. The summed E-state index contributed by atoms with van der Waals surface area (Å²) in [7, 11) is 0. The summed E-state index contributed by atoms with van der Waals surface area (Å²) in [4.78, 5) is 12.1. The van der Waals surface area contributed by atoms with Crippen molar-refractivity contribution in [3.05, 3.63) is 72.1 Å². The summed E-state index contributed by atoms with van der Waals surface area (Å²) >= 11 is 1.17. The number of aromatic nitrogens is 4. The summed E-state index contributed by atoms with van der Waals surface area (Å²) in [5, 5.41) is 21.4. The van der Waals surface area contributed by atoms with Gasteiger partial charge in [0.1, 0.15) is 17.4 Å². The van der Waals surface area contributed by atoms with Crippen LogP contribution >= 0.6 is 11.8 Å². The van der Waals surface area contributed by atoms with Crippen molar-refractivity contribution in [2.24, 2.45) is 0 Å². The summed E-state index contributed by atoms with van der Waals surface area (Å²) in [5.41, 5.74) is 1.54. The van der Waals surface area contributed by atoms with E-state index >= 15 is 0 Å². The van der Waals surface area contributed by atoms with Crippen molar-refractivity contribution in [1.82, 2.24) is 20.2 Å². The van der Waals surface area contributed by atoms with Crippen LogP contribution < -0.4 is 0 Å². The van der Waals surface area contributed by atoms with Crippen LogP contribution in [0.25, 0.3) is 11.4 Å². The zero-order chi connectivity index (χ0) is 18.5. The minimum Gasteiger partial charge on any atom is -0.508 e. The molecule has 0 unspecified atom stereocenters. The van der Waals surface area contributed by atoms with E-state index in [0.29, 0.717) is 22.0 Å². The fourth-order valence-corrected chi connectivity index (χ4v) is 3.05. The number of aliphatic hydroxyl groups excluding tert-OH is 1. The molecule has 0 bridgehead atoms. The van der Waals surface area contributed by atoms with Gasteiger partial charge in [0.15, 0.2) is 0 Å². The second-order valence-electron chi connectivity index (χ2n) is 5.47. The fourth-order valence-electron chi connectivity index (χ4n) is 2.30. The molecule has 1 heterocycles. The Morgan fingerprint density at radius 2 is 2.04 bits per heavy atom. The highest BCUT2D eigenvalue weighted by molar-refractivity contribution is 7.99. The number of halogens is 1. The van der Waals surface area contributed by atoms with Crippen molar-refractivity contribution in [3.8, 4) is 5.69 Å². The molecule has 1 N–H and O–H groups in total. The van der Waals surface area contributed by atoms with Crippen LogP contribution in [0.15, 0.2) is 60.3 Å². The molecule has 6 nitrogen and oxygen atoms in total. The van der Waals surface area contributed by atoms with E-state index in [2.05, 4.69) is 22.1 Å². The number of aliphatic hydroxyl groups is 1. The molecule has 3 rings (SSSR count). The van der Waals surface area contributed by atoms with Gasteiger partial charge in [-0.3, -0.25) is 4.79 Å². The summed E-state index contributed by atoms with van der Waals surface area (Å²) in [6.07, 6.45) is 0.0149. The molecule has 0 amide bonds. The molecule has 0 spiro atoms. The Hall–Kier alpha value is -3.00. The number of carbonyl (C=O) groups excluding carboxylic acids is 1. The third-order valence-electron chi connectivity index (χ3n) is 3.57. The van der Waals surface area contributed by atoms with Gasteiger partial charge in [0.25, 0.3) is 0 Å². The van der Waals surface area contributed by atoms with Crippen molar-refractivity contribution in [1.29, 1.82) is 0 Å². The van der Waals surface area contributed by atoms with Crippen molar-refractivity contribution >= 4 is 23.3 Å². The zero-order valence-electron chi connectivity index (χ0n) is 13.7. The van der Waals surface area contributed by atoms with E-state index < -0.39 is 5.82 Å². The smallest absolute Gasteiger partial charge is 0.214 e. The van der Waals surface area contributed by atoms with Crippen molar-refractivity contribution in [2.45, 2.75) is 11.6 Å². The maximum absolute atomic E-state index is 13.6. The number of tetrazole rings is 1. The fraction of sp³-hybridized carbons (Fsp3) is 0.111. The van der Waals surface area contributed by atoms with Crippen LogP contribution in [0.1, 0.15) is 11.1 Å². The second kappa shape index (κ2) is 7.92. The van der Waals surface area contributed by atoms with Gasteiger partial charge in [-0.1, -0.05) is 48.7 Å². The van der Waals surface area contributed by atoms with E-state index in [0.717, 1.165) is 0 Å². The molecule has 132 valence electrons. The Labute approximate surface area is 153 Å². The summed E-state index contributed by atoms with van der Waals surface area (Å²) in [6, 6.07) is 13.1. The quantitative estimate of drug-likeness (QED) is 0.508. The average molecular weight is 370 g/mol. The number of ketones is 1. The predicted octanol–water partition coefficient (Wildman–Crippen LogP) is 3.23. The van der Waals surface area contributed by atoms with Gasteiger partial charge in [-0.05, 0) is 34.2 Å². The van der Waals surface area contributed by atoms with E-state index in [1.807, 2.05) is 0 Å². The SMILES string of the molecule is C=C(O)c1cccc(-n2nnnc2SCC(=O)Cc2ccccc2F)c1. The number of hydrogen-bond acceptors (Lipinski definition) is 6. The summed E-state index contributed by atoms with van der Waals surface area (Å²) in [6.45, 7) is 3.49. The lowest BCUT2D eigenvalue weighted by Crippen LogP contribution is -2.08. The molecule has 2 aromatic carbocycles. The first-order valence-electron chi connectivity index (χ1n) is 7.69. The maximum atomic E-state index is 13.6. The minimum atomic E-state index is -0.392. The first-order chi connectivity index (χ1) is 12.5. The Morgan fingerprint density at radius 1 is 1.23 bits per heavy atom. The van der Waals surface area contributed by atoms with E-state index in [1.54, 1.807) is 42.5 Å². The number of carbonyl (C=O) groups is 1. The Bertz CT molecular complexity index is 958. The molecule has 0 fully saturated rings. The van der Waals surface area contributed by atoms with E-state index in [9.17, 15) is 14.3 Å². The number of benzene rings is 2. The number of thioether (sulfide) groups is 1. The lowest BCUT2D eigenvalue weighted by molar-refractivity contribution is -0.116. The lowest BCUT2D eigenvalue weighted by Gasteiger charge is -2.06. The predicted molar refractivity (Wildman–Crippen MR) is 96.7 cm³/mol. The maximum Gasteiger partial charge on any atom is 0.214 e. The van der Waals surface area contributed by atoms with Crippen LogP contribution in [0.3, 0.4) is 0 Å². The van der Waals surface area contributed by atoms with Crippen LogP contribution in [0.4, 0.5) is 4.39 Å². The van der Waals surface area contributed by atoms with Crippen LogP contribution in [0, 0.1) is 5.82 Å².